The summed E-state index contributed by atoms with van der Waals surface area (Å²) >= 11 is 6.97. The molecule has 110 valence electrons. The predicted molar refractivity (Wildman–Crippen MR) is 82.2 cm³/mol. The van der Waals surface area contributed by atoms with Crippen molar-refractivity contribution in [3.8, 4) is 5.69 Å². The molecule has 0 radical (unpaired) electrons. The van der Waals surface area contributed by atoms with Crippen LogP contribution in [0.4, 0.5) is 5.69 Å². The number of aliphatic carboxylic acids is 1. The molecule has 0 fully saturated rings. The smallest absolute Gasteiger partial charge is 0.313 e. The van der Waals surface area contributed by atoms with Crippen molar-refractivity contribution in [3.05, 3.63) is 41.7 Å². The maximum Gasteiger partial charge on any atom is 0.313 e. The van der Waals surface area contributed by atoms with Gasteiger partial charge in [-0.2, -0.15) is 5.10 Å². The summed E-state index contributed by atoms with van der Waals surface area (Å²) in [5.41, 5.74) is 1.20. The predicted octanol–water partition coefficient (Wildman–Crippen LogP) is 2.28. The maximum atomic E-state index is 11.8. The van der Waals surface area contributed by atoms with E-state index in [0.29, 0.717) is 16.4 Å². The standard InChI is InChI=1S/C13H12ClN3O3S/c14-9-2-3-11(17-5-1-4-15-17)10(6-9)16-12(18)7-21-8-13(19)20/h1-6H,7-8H2,(H,16,18)(H,19,20). The Hall–Kier alpha value is -1.99. The Balaban J connectivity index is 2.10. The average Bonchev–Trinajstić information content (AvgIpc) is 2.92. The van der Waals surface area contributed by atoms with Crippen molar-refractivity contribution in [1.82, 2.24) is 9.78 Å². The third-order valence-electron chi connectivity index (χ3n) is 2.44. The van der Waals surface area contributed by atoms with Crippen LogP contribution < -0.4 is 5.32 Å². The molecule has 6 nitrogen and oxygen atoms in total. The van der Waals surface area contributed by atoms with E-state index in [9.17, 15) is 9.59 Å². The van der Waals surface area contributed by atoms with Gasteiger partial charge in [-0.15, -0.1) is 11.8 Å². The number of benzene rings is 1. The molecule has 0 spiro atoms. The molecule has 0 aliphatic rings. The van der Waals surface area contributed by atoms with Crippen LogP contribution in [0, 0.1) is 0 Å². The molecule has 1 aromatic carbocycles. The Kier molecular flexibility index (Phi) is 5.24. The van der Waals surface area contributed by atoms with E-state index >= 15 is 0 Å². The zero-order valence-electron chi connectivity index (χ0n) is 10.8. The highest BCUT2D eigenvalue weighted by atomic mass is 35.5. The average molecular weight is 326 g/mol. The number of carbonyl (C=O) groups is 2. The normalized spacial score (nSPS) is 10.3. The first kappa shape index (κ1) is 15.4. The Labute approximate surface area is 130 Å². The van der Waals surface area contributed by atoms with Gasteiger partial charge < -0.3 is 10.4 Å². The largest absolute Gasteiger partial charge is 0.481 e. The molecule has 0 bridgehead atoms. The second-order valence-electron chi connectivity index (χ2n) is 4.05. The number of hydrogen-bond acceptors (Lipinski definition) is 4. The number of halogens is 1. The van der Waals surface area contributed by atoms with Crippen molar-refractivity contribution < 1.29 is 14.7 Å². The van der Waals surface area contributed by atoms with E-state index in [-0.39, 0.29) is 17.4 Å². The van der Waals surface area contributed by atoms with Crippen LogP contribution in [0.3, 0.4) is 0 Å². The monoisotopic (exact) mass is 325 g/mol. The second kappa shape index (κ2) is 7.14. The highest BCUT2D eigenvalue weighted by Crippen LogP contribution is 2.24. The molecule has 1 amide bonds. The summed E-state index contributed by atoms with van der Waals surface area (Å²) in [6.07, 6.45) is 3.38. The van der Waals surface area contributed by atoms with Gasteiger partial charge in [-0.25, -0.2) is 4.68 Å². The molecule has 21 heavy (non-hydrogen) atoms. The van der Waals surface area contributed by atoms with Gasteiger partial charge in [-0.1, -0.05) is 11.6 Å². The summed E-state index contributed by atoms with van der Waals surface area (Å²) < 4.78 is 1.61. The molecule has 0 aliphatic carbocycles. The number of thioether (sulfide) groups is 1. The zero-order chi connectivity index (χ0) is 15.2. The topological polar surface area (TPSA) is 84.2 Å². The van der Waals surface area contributed by atoms with Crippen LogP contribution in [-0.2, 0) is 9.59 Å². The molecule has 0 aliphatic heterocycles. The fourth-order valence-corrected chi connectivity index (χ4v) is 2.34. The Morgan fingerprint density at radius 2 is 2.19 bits per heavy atom. The fraction of sp³-hybridized carbons (Fsp3) is 0.154. The molecule has 1 aromatic heterocycles. The molecule has 2 aromatic rings. The highest BCUT2D eigenvalue weighted by molar-refractivity contribution is 8.00. The number of carbonyl (C=O) groups excluding carboxylic acids is 1. The summed E-state index contributed by atoms with van der Waals surface area (Å²) in [6, 6.07) is 6.84. The Morgan fingerprint density at radius 1 is 1.38 bits per heavy atom. The summed E-state index contributed by atoms with van der Waals surface area (Å²) in [7, 11) is 0. The molecule has 0 saturated heterocycles. The lowest BCUT2D eigenvalue weighted by molar-refractivity contribution is -0.133. The van der Waals surface area contributed by atoms with E-state index < -0.39 is 5.97 Å². The van der Waals surface area contributed by atoms with Gasteiger partial charge in [0.05, 0.1) is 22.9 Å². The molecular formula is C13H12ClN3O3S. The van der Waals surface area contributed by atoms with E-state index in [1.165, 1.54) is 0 Å². The van der Waals surface area contributed by atoms with Gasteiger partial charge >= 0.3 is 5.97 Å². The SMILES string of the molecule is O=C(O)CSCC(=O)Nc1cc(Cl)ccc1-n1cccn1. The molecule has 0 unspecified atom stereocenters. The van der Waals surface area contributed by atoms with E-state index in [1.54, 1.807) is 41.3 Å². The van der Waals surface area contributed by atoms with Crippen LogP contribution >= 0.6 is 23.4 Å². The van der Waals surface area contributed by atoms with Crippen LogP contribution in [-0.4, -0.2) is 38.3 Å². The number of rotatable bonds is 6. The van der Waals surface area contributed by atoms with Crippen LogP contribution in [0.25, 0.3) is 5.69 Å². The first-order chi connectivity index (χ1) is 10.1. The third kappa shape index (κ3) is 4.51. The second-order valence-corrected chi connectivity index (χ2v) is 5.47. The summed E-state index contributed by atoms with van der Waals surface area (Å²) in [5, 5.41) is 15.8. The quantitative estimate of drug-likeness (QED) is 0.851. The zero-order valence-corrected chi connectivity index (χ0v) is 12.4. The number of hydrogen-bond donors (Lipinski definition) is 2. The van der Waals surface area contributed by atoms with E-state index in [0.717, 1.165) is 11.8 Å². The van der Waals surface area contributed by atoms with Gasteiger partial charge in [0.1, 0.15) is 0 Å². The van der Waals surface area contributed by atoms with Crippen molar-refractivity contribution >= 4 is 40.9 Å². The molecule has 8 heteroatoms. The third-order valence-corrected chi connectivity index (χ3v) is 3.60. The Morgan fingerprint density at radius 3 is 2.86 bits per heavy atom. The number of carboxylic acids is 1. The van der Waals surface area contributed by atoms with Crippen LogP contribution in [0.1, 0.15) is 0 Å². The highest BCUT2D eigenvalue weighted by Gasteiger charge is 2.10. The lowest BCUT2D eigenvalue weighted by Gasteiger charge is -2.11. The van der Waals surface area contributed by atoms with Crippen molar-refractivity contribution in [2.75, 3.05) is 16.8 Å². The van der Waals surface area contributed by atoms with Crippen LogP contribution in [0.15, 0.2) is 36.7 Å². The van der Waals surface area contributed by atoms with Gasteiger partial charge in [0, 0.05) is 17.4 Å². The van der Waals surface area contributed by atoms with Crippen LogP contribution in [0.2, 0.25) is 5.02 Å². The minimum absolute atomic E-state index is 0.0529. The molecule has 2 rings (SSSR count). The fourth-order valence-electron chi connectivity index (χ4n) is 1.64. The molecular weight excluding hydrogens is 314 g/mol. The molecule has 0 saturated carbocycles. The minimum atomic E-state index is -0.951. The lowest BCUT2D eigenvalue weighted by atomic mass is 10.2. The summed E-state index contributed by atoms with van der Waals surface area (Å²) in [4.78, 5) is 22.2. The van der Waals surface area contributed by atoms with Crippen molar-refractivity contribution in [2.24, 2.45) is 0 Å². The first-order valence-corrected chi connectivity index (χ1v) is 7.48. The van der Waals surface area contributed by atoms with E-state index in [4.69, 9.17) is 16.7 Å². The maximum absolute atomic E-state index is 11.8. The van der Waals surface area contributed by atoms with Crippen molar-refractivity contribution in [1.29, 1.82) is 0 Å². The van der Waals surface area contributed by atoms with Crippen LogP contribution in [0.5, 0.6) is 0 Å². The number of nitrogens with one attached hydrogen (secondary N) is 1. The summed E-state index contributed by atoms with van der Waals surface area (Å²) in [6.45, 7) is 0. The molecule has 2 N–H and O–H groups in total. The summed E-state index contributed by atoms with van der Waals surface area (Å²) in [5.74, 6) is -1.31. The number of nitrogens with zero attached hydrogens (tertiary/aromatic N) is 2. The Bertz CT molecular complexity index is 646. The van der Waals surface area contributed by atoms with Gasteiger partial charge in [0.15, 0.2) is 0 Å². The van der Waals surface area contributed by atoms with Gasteiger partial charge in [-0.3, -0.25) is 9.59 Å². The van der Waals surface area contributed by atoms with Gasteiger partial charge in [0.25, 0.3) is 0 Å². The first-order valence-electron chi connectivity index (χ1n) is 5.95. The lowest BCUT2D eigenvalue weighted by Crippen LogP contribution is -2.17. The number of anilines is 1. The van der Waals surface area contributed by atoms with Crippen molar-refractivity contribution in [3.63, 3.8) is 0 Å². The number of aromatic nitrogens is 2. The molecule has 1 heterocycles. The van der Waals surface area contributed by atoms with Gasteiger partial charge in [0.2, 0.25) is 5.91 Å². The minimum Gasteiger partial charge on any atom is -0.481 e. The molecule has 0 atom stereocenters. The van der Waals surface area contributed by atoms with E-state index in [2.05, 4.69) is 10.4 Å². The number of carboxylic acid groups (broad SMARTS) is 1. The van der Waals surface area contributed by atoms with E-state index in [1.807, 2.05) is 0 Å². The van der Waals surface area contributed by atoms with Crippen molar-refractivity contribution in [2.45, 2.75) is 0 Å². The van der Waals surface area contributed by atoms with Gasteiger partial charge in [-0.05, 0) is 24.3 Å². The number of amides is 1.